The number of carbonyl (C=O) groups is 1. The Morgan fingerprint density at radius 1 is 1.30 bits per heavy atom. The first-order valence-electron chi connectivity index (χ1n) is 10.1. The number of fused-ring (bicyclic) bond motifs is 1. The van der Waals surface area contributed by atoms with Crippen LogP contribution >= 0.6 is 0 Å². The van der Waals surface area contributed by atoms with Gasteiger partial charge in [-0.1, -0.05) is 0 Å². The van der Waals surface area contributed by atoms with E-state index in [1.807, 2.05) is 12.1 Å². The number of hydrogen-bond acceptors (Lipinski definition) is 5. The van der Waals surface area contributed by atoms with Crippen LogP contribution in [0.3, 0.4) is 0 Å². The summed E-state index contributed by atoms with van der Waals surface area (Å²) in [5.74, 6) is 1.82. The lowest BCUT2D eigenvalue weighted by atomic mass is 9.95. The first-order chi connectivity index (χ1) is 13.2. The molecule has 1 aliphatic heterocycles. The van der Waals surface area contributed by atoms with Gasteiger partial charge in [0.25, 0.3) is 0 Å². The van der Waals surface area contributed by atoms with Crippen LogP contribution in [0.4, 0.5) is 0 Å². The van der Waals surface area contributed by atoms with Gasteiger partial charge in [0.1, 0.15) is 11.6 Å². The number of aromatic nitrogens is 2. The molecule has 2 aliphatic rings. The summed E-state index contributed by atoms with van der Waals surface area (Å²) in [6.45, 7) is 5.03. The summed E-state index contributed by atoms with van der Waals surface area (Å²) >= 11 is 0. The molecule has 0 saturated carbocycles. The summed E-state index contributed by atoms with van der Waals surface area (Å²) in [6.07, 6.45) is 8.21. The number of aryl methyl sites for hydroxylation is 2. The first kappa shape index (κ1) is 18.2. The number of piperidine rings is 1. The molecule has 0 spiro atoms. The Labute approximate surface area is 160 Å². The monoisotopic (exact) mass is 368 g/mol. The van der Waals surface area contributed by atoms with Crippen molar-refractivity contribution in [1.82, 2.24) is 20.2 Å². The molecule has 27 heavy (non-hydrogen) atoms. The van der Waals surface area contributed by atoms with Crippen molar-refractivity contribution in [2.45, 2.75) is 58.5 Å². The lowest BCUT2D eigenvalue weighted by Gasteiger charge is -2.31. The number of furan rings is 1. The van der Waals surface area contributed by atoms with Crippen molar-refractivity contribution in [2.24, 2.45) is 5.92 Å². The molecule has 2 aromatic heterocycles. The minimum absolute atomic E-state index is 0.0208. The minimum Gasteiger partial charge on any atom is -0.468 e. The molecular formula is C21H28N4O2. The van der Waals surface area contributed by atoms with Crippen molar-refractivity contribution in [3.05, 3.63) is 46.9 Å². The molecule has 4 rings (SSSR count). The highest BCUT2D eigenvalue weighted by atomic mass is 16.3. The van der Waals surface area contributed by atoms with E-state index in [1.165, 1.54) is 24.1 Å². The van der Waals surface area contributed by atoms with Crippen molar-refractivity contribution in [2.75, 3.05) is 13.1 Å². The van der Waals surface area contributed by atoms with Gasteiger partial charge in [-0.3, -0.25) is 9.69 Å². The fourth-order valence-corrected chi connectivity index (χ4v) is 4.27. The van der Waals surface area contributed by atoms with Crippen LogP contribution in [0, 0.1) is 12.8 Å². The van der Waals surface area contributed by atoms with E-state index >= 15 is 0 Å². The molecular weight excluding hydrogens is 340 g/mol. The van der Waals surface area contributed by atoms with Gasteiger partial charge in [-0.25, -0.2) is 9.97 Å². The minimum atomic E-state index is 0.0208. The number of amides is 1. The van der Waals surface area contributed by atoms with Crippen molar-refractivity contribution in [3.63, 3.8) is 0 Å². The standard InChI is InChI=1S/C21H28N4O2/c1-15-18-8-2-3-9-19(18)24-20(23-15)12-22-21(26)16-6-4-10-25(13-16)14-17-7-5-11-27-17/h5,7,11,16H,2-4,6,8-10,12-14H2,1H3,(H,22,26). The van der Waals surface area contributed by atoms with Crippen LogP contribution in [0.25, 0.3) is 0 Å². The summed E-state index contributed by atoms with van der Waals surface area (Å²) in [7, 11) is 0. The maximum atomic E-state index is 12.7. The highest BCUT2D eigenvalue weighted by Crippen LogP contribution is 2.22. The maximum absolute atomic E-state index is 12.7. The fourth-order valence-electron chi connectivity index (χ4n) is 4.27. The molecule has 144 valence electrons. The number of nitrogens with zero attached hydrogens (tertiary/aromatic N) is 3. The van der Waals surface area contributed by atoms with E-state index in [9.17, 15) is 4.79 Å². The van der Waals surface area contributed by atoms with E-state index in [0.29, 0.717) is 6.54 Å². The molecule has 1 fully saturated rings. The van der Waals surface area contributed by atoms with Crippen LogP contribution in [0.5, 0.6) is 0 Å². The average molecular weight is 368 g/mol. The molecule has 3 heterocycles. The highest BCUT2D eigenvalue weighted by molar-refractivity contribution is 5.78. The van der Waals surface area contributed by atoms with Crippen LogP contribution in [0.1, 0.15) is 54.2 Å². The van der Waals surface area contributed by atoms with Crippen LogP contribution in [-0.2, 0) is 30.7 Å². The third-order valence-electron chi connectivity index (χ3n) is 5.69. The number of hydrogen-bond donors (Lipinski definition) is 1. The van der Waals surface area contributed by atoms with Crippen LogP contribution in [-0.4, -0.2) is 33.9 Å². The second kappa shape index (κ2) is 8.21. The summed E-state index contributed by atoms with van der Waals surface area (Å²) in [6, 6.07) is 3.89. The highest BCUT2D eigenvalue weighted by Gasteiger charge is 2.26. The topological polar surface area (TPSA) is 71.3 Å². The van der Waals surface area contributed by atoms with Crippen LogP contribution < -0.4 is 5.32 Å². The Balaban J connectivity index is 1.33. The average Bonchev–Trinajstić information content (AvgIpc) is 3.19. The van der Waals surface area contributed by atoms with E-state index in [1.54, 1.807) is 6.26 Å². The normalized spacial score (nSPS) is 20.3. The zero-order valence-corrected chi connectivity index (χ0v) is 16.0. The smallest absolute Gasteiger partial charge is 0.224 e. The molecule has 0 aromatic carbocycles. The SMILES string of the molecule is Cc1nc(CNC(=O)C2CCCN(Cc3ccco3)C2)nc2c1CCCC2. The zero-order valence-electron chi connectivity index (χ0n) is 16.0. The third kappa shape index (κ3) is 4.38. The Hall–Kier alpha value is -2.21. The first-order valence-corrected chi connectivity index (χ1v) is 10.1. The Morgan fingerprint density at radius 2 is 2.19 bits per heavy atom. The van der Waals surface area contributed by atoms with E-state index in [4.69, 9.17) is 9.40 Å². The third-order valence-corrected chi connectivity index (χ3v) is 5.69. The molecule has 0 radical (unpaired) electrons. The number of rotatable bonds is 5. The quantitative estimate of drug-likeness (QED) is 0.879. The molecule has 1 amide bonds. The van der Waals surface area contributed by atoms with Crippen molar-refractivity contribution in [3.8, 4) is 0 Å². The fraction of sp³-hybridized carbons (Fsp3) is 0.571. The van der Waals surface area contributed by atoms with Gasteiger partial charge in [0, 0.05) is 17.9 Å². The second-order valence-corrected chi connectivity index (χ2v) is 7.73. The molecule has 0 bridgehead atoms. The second-order valence-electron chi connectivity index (χ2n) is 7.73. The van der Waals surface area contributed by atoms with E-state index < -0.39 is 0 Å². The largest absolute Gasteiger partial charge is 0.468 e. The lowest BCUT2D eigenvalue weighted by molar-refractivity contribution is -0.127. The van der Waals surface area contributed by atoms with E-state index in [-0.39, 0.29) is 11.8 Å². The number of nitrogens with one attached hydrogen (secondary N) is 1. The summed E-state index contributed by atoms with van der Waals surface area (Å²) < 4.78 is 5.44. The zero-order chi connectivity index (χ0) is 18.6. The van der Waals surface area contributed by atoms with Gasteiger partial charge in [-0.15, -0.1) is 0 Å². The summed E-state index contributed by atoms with van der Waals surface area (Å²) in [4.78, 5) is 24.3. The lowest BCUT2D eigenvalue weighted by Crippen LogP contribution is -2.42. The van der Waals surface area contributed by atoms with Gasteiger partial charge >= 0.3 is 0 Å². The maximum Gasteiger partial charge on any atom is 0.224 e. The molecule has 1 aliphatic carbocycles. The predicted molar refractivity (Wildman–Crippen MR) is 102 cm³/mol. The number of likely N-dealkylation sites (tertiary alicyclic amines) is 1. The molecule has 2 aromatic rings. The summed E-state index contributed by atoms with van der Waals surface area (Å²) in [5, 5.41) is 3.07. The molecule has 1 atom stereocenters. The van der Waals surface area contributed by atoms with E-state index in [0.717, 1.165) is 62.6 Å². The number of carbonyl (C=O) groups excluding carboxylic acids is 1. The van der Waals surface area contributed by atoms with Gasteiger partial charge in [-0.05, 0) is 69.7 Å². The van der Waals surface area contributed by atoms with Gasteiger partial charge in [-0.2, -0.15) is 0 Å². The Kier molecular flexibility index (Phi) is 5.53. The predicted octanol–water partition coefficient (Wildman–Crippen LogP) is 2.79. The molecule has 6 nitrogen and oxygen atoms in total. The van der Waals surface area contributed by atoms with Gasteiger partial charge in [0.15, 0.2) is 0 Å². The van der Waals surface area contributed by atoms with Crippen molar-refractivity contribution in [1.29, 1.82) is 0 Å². The van der Waals surface area contributed by atoms with Crippen molar-refractivity contribution < 1.29 is 9.21 Å². The van der Waals surface area contributed by atoms with Crippen LogP contribution in [0.2, 0.25) is 0 Å². The molecule has 1 N–H and O–H groups in total. The van der Waals surface area contributed by atoms with E-state index in [2.05, 4.69) is 22.1 Å². The Morgan fingerprint density at radius 3 is 3.04 bits per heavy atom. The van der Waals surface area contributed by atoms with Gasteiger partial charge < -0.3 is 9.73 Å². The summed E-state index contributed by atoms with van der Waals surface area (Å²) in [5.41, 5.74) is 3.57. The van der Waals surface area contributed by atoms with Crippen molar-refractivity contribution >= 4 is 5.91 Å². The van der Waals surface area contributed by atoms with Gasteiger partial charge in [0.05, 0.1) is 25.3 Å². The molecule has 1 unspecified atom stereocenters. The van der Waals surface area contributed by atoms with Gasteiger partial charge in [0.2, 0.25) is 5.91 Å². The molecule has 1 saturated heterocycles. The Bertz CT molecular complexity index is 788. The van der Waals surface area contributed by atoms with Crippen LogP contribution in [0.15, 0.2) is 22.8 Å². The molecule has 6 heteroatoms.